The standard InChI is InChI=1S/C29H28/c1-28(2,3)26-20-13-21-27(22-26)29(23-14-7-4-8-15-23,24-16-9-5-10-17-24)25-18-11-6-12-19-25/h4-22H,1-3H3. The highest BCUT2D eigenvalue weighted by atomic mass is 14.4. The molecule has 4 aromatic rings. The summed E-state index contributed by atoms with van der Waals surface area (Å²) in [5.74, 6) is 0. The van der Waals surface area contributed by atoms with Gasteiger partial charge >= 0.3 is 0 Å². The van der Waals surface area contributed by atoms with Crippen LogP contribution in [-0.4, -0.2) is 0 Å². The molecular weight excluding hydrogens is 348 g/mol. The van der Waals surface area contributed by atoms with Crippen LogP contribution in [0.4, 0.5) is 0 Å². The van der Waals surface area contributed by atoms with Gasteiger partial charge in [-0.15, -0.1) is 0 Å². The maximum atomic E-state index is 2.40. The maximum absolute atomic E-state index is 2.40. The molecule has 0 nitrogen and oxygen atoms in total. The van der Waals surface area contributed by atoms with E-state index in [1.807, 2.05) is 0 Å². The van der Waals surface area contributed by atoms with Crippen LogP contribution >= 0.6 is 0 Å². The van der Waals surface area contributed by atoms with E-state index in [9.17, 15) is 0 Å². The Hall–Kier alpha value is -3.12. The molecule has 0 spiro atoms. The van der Waals surface area contributed by atoms with Gasteiger partial charge in [-0.05, 0) is 33.2 Å². The first-order valence-electron chi connectivity index (χ1n) is 10.3. The second kappa shape index (κ2) is 7.72. The van der Waals surface area contributed by atoms with Gasteiger partial charge in [0.05, 0.1) is 5.41 Å². The summed E-state index contributed by atoms with van der Waals surface area (Å²) in [6.45, 7) is 6.84. The topological polar surface area (TPSA) is 0 Å². The Labute approximate surface area is 174 Å². The lowest BCUT2D eigenvalue weighted by Gasteiger charge is -2.37. The van der Waals surface area contributed by atoms with Gasteiger partial charge in [0, 0.05) is 0 Å². The van der Waals surface area contributed by atoms with Gasteiger partial charge in [-0.3, -0.25) is 0 Å². The van der Waals surface area contributed by atoms with Crippen molar-refractivity contribution in [3.05, 3.63) is 143 Å². The normalized spacial score (nSPS) is 12.0. The summed E-state index contributed by atoms with van der Waals surface area (Å²) >= 11 is 0. The molecule has 4 rings (SSSR count). The maximum Gasteiger partial charge on any atom is 0.0701 e. The molecule has 144 valence electrons. The van der Waals surface area contributed by atoms with Gasteiger partial charge in [0.15, 0.2) is 0 Å². The molecule has 0 fully saturated rings. The van der Waals surface area contributed by atoms with Gasteiger partial charge in [0.1, 0.15) is 0 Å². The minimum atomic E-state index is -0.370. The summed E-state index contributed by atoms with van der Waals surface area (Å²) in [5.41, 5.74) is 6.21. The number of hydrogen-bond donors (Lipinski definition) is 0. The first-order chi connectivity index (χ1) is 14.0. The first-order valence-corrected chi connectivity index (χ1v) is 10.3. The second-order valence-electron chi connectivity index (χ2n) is 8.68. The van der Waals surface area contributed by atoms with Crippen LogP contribution in [0.25, 0.3) is 0 Å². The summed E-state index contributed by atoms with van der Waals surface area (Å²) in [5, 5.41) is 0. The zero-order valence-corrected chi connectivity index (χ0v) is 17.5. The van der Waals surface area contributed by atoms with Crippen LogP contribution in [0.3, 0.4) is 0 Å². The van der Waals surface area contributed by atoms with Crippen molar-refractivity contribution in [1.82, 2.24) is 0 Å². The van der Waals surface area contributed by atoms with Crippen molar-refractivity contribution in [2.45, 2.75) is 31.6 Å². The molecule has 0 aliphatic rings. The lowest BCUT2D eigenvalue weighted by molar-refractivity contribution is 0.587. The van der Waals surface area contributed by atoms with E-state index in [1.165, 1.54) is 27.8 Å². The van der Waals surface area contributed by atoms with Crippen molar-refractivity contribution in [2.24, 2.45) is 0 Å². The molecule has 0 heterocycles. The van der Waals surface area contributed by atoms with Crippen LogP contribution in [0.5, 0.6) is 0 Å². The Kier molecular flexibility index (Phi) is 5.11. The highest BCUT2D eigenvalue weighted by Crippen LogP contribution is 2.45. The predicted molar refractivity (Wildman–Crippen MR) is 123 cm³/mol. The molecule has 0 saturated heterocycles. The van der Waals surface area contributed by atoms with Gasteiger partial charge in [-0.2, -0.15) is 0 Å². The summed E-state index contributed by atoms with van der Waals surface area (Å²) in [6, 6.07) is 41.8. The SMILES string of the molecule is CC(C)(C)c1cccc(C(c2ccccc2)(c2ccccc2)c2ccccc2)c1. The molecule has 0 unspecified atom stereocenters. The number of hydrogen-bond acceptors (Lipinski definition) is 0. The van der Waals surface area contributed by atoms with Gasteiger partial charge in [-0.25, -0.2) is 0 Å². The van der Waals surface area contributed by atoms with Gasteiger partial charge in [0.25, 0.3) is 0 Å². The van der Waals surface area contributed by atoms with Crippen LogP contribution < -0.4 is 0 Å². The van der Waals surface area contributed by atoms with Gasteiger partial charge in [-0.1, -0.05) is 136 Å². The molecule has 0 amide bonds. The molecule has 4 aromatic carbocycles. The van der Waals surface area contributed by atoms with Crippen molar-refractivity contribution in [1.29, 1.82) is 0 Å². The number of rotatable bonds is 4. The Morgan fingerprint density at radius 3 is 1.10 bits per heavy atom. The third-order valence-electron chi connectivity index (χ3n) is 5.78. The summed E-state index contributed by atoms with van der Waals surface area (Å²) < 4.78 is 0. The molecular formula is C29H28. The van der Waals surface area contributed by atoms with Crippen molar-refractivity contribution >= 4 is 0 Å². The molecule has 0 radical (unpaired) electrons. The molecule has 0 N–H and O–H groups in total. The molecule has 0 aromatic heterocycles. The highest BCUT2D eigenvalue weighted by molar-refractivity contribution is 5.60. The molecule has 0 aliphatic carbocycles. The zero-order chi connectivity index (χ0) is 20.3. The smallest absolute Gasteiger partial charge is 0.0622 e. The van der Waals surface area contributed by atoms with Crippen molar-refractivity contribution in [3.63, 3.8) is 0 Å². The largest absolute Gasteiger partial charge is 0.0701 e. The van der Waals surface area contributed by atoms with Crippen molar-refractivity contribution in [2.75, 3.05) is 0 Å². The van der Waals surface area contributed by atoms with E-state index in [2.05, 4.69) is 136 Å². The third kappa shape index (κ3) is 3.51. The minimum Gasteiger partial charge on any atom is -0.0622 e. The van der Waals surface area contributed by atoms with Crippen LogP contribution in [0, 0.1) is 0 Å². The Bertz CT molecular complexity index is 958. The Morgan fingerprint density at radius 1 is 0.379 bits per heavy atom. The van der Waals surface area contributed by atoms with E-state index < -0.39 is 0 Å². The quantitative estimate of drug-likeness (QED) is 0.326. The number of benzene rings is 4. The first kappa shape index (κ1) is 19.2. The highest BCUT2D eigenvalue weighted by Gasteiger charge is 2.38. The van der Waals surface area contributed by atoms with E-state index in [1.54, 1.807) is 0 Å². The molecule has 0 aliphatic heterocycles. The zero-order valence-electron chi connectivity index (χ0n) is 17.5. The van der Waals surface area contributed by atoms with Crippen LogP contribution in [0.2, 0.25) is 0 Å². The predicted octanol–water partition coefficient (Wildman–Crippen LogP) is 7.37. The Morgan fingerprint density at radius 2 is 0.724 bits per heavy atom. The van der Waals surface area contributed by atoms with Crippen molar-refractivity contribution in [3.8, 4) is 0 Å². The van der Waals surface area contributed by atoms with Crippen LogP contribution in [0.1, 0.15) is 48.6 Å². The Balaban J connectivity index is 2.12. The third-order valence-corrected chi connectivity index (χ3v) is 5.78. The van der Waals surface area contributed by atoms with Gasteiger partial charge < -0.3 is 0 Å². The van der Waals surface area contributed by atoms with Crippen molar-refractivity contribution < 1.29 is 0 Å². The molecule has 0 heteroatoms. The fraction of sp³-hybridized carbons (Fsp3) is 0.172. The summed E-state index contributed by atoms with van der Waals surface area (Å²) in [6.07, 6.45) is 0. The van der Waals surface area contributed by atoms with Crippen LogP contribution in [-0.2, 0) is 10.8 Å². The minimum absolute atomic E-state index is 0.0891. The van der Waals surface area contributed by atoms with E-state index in [0.717, 1.165) is 0 Å². The summed E-state index contributed by atoms with van der Waals surface area (Å²) in [4.78, 5) is 0. The van der Waals surface area contributed by atoms with Gasteiger partial charge in [0.2, 0.25) is 0 Å². The average molecular weight is 377 g/mol. The van der Waals surface area contributed by atoms with E-state index in [-0.39, 0.29) is 10.8 Å². The average Bonchev–Trinajstić information content (AvgIpc) is 2.76. The van der Waals surface area contributed by atoms with E-state index in [0.29, 0.717) is 0 Å². The fourth-order valence-electron chi connectivity index (χ4n) is 4.28. The lowest BCUT2D eigenvalue weighted by atomic mass is 9.64. The molecule has 29 heavy (non-hydrogen) atoms. The molecule has 0 saturated carbocycles. The molecule has 0 atom stereocenters. The lowest BCUT2D eigenvalue weighted by Crippen LogP contribution is -2.31. The monoisotopic (exact) mass is 376 g/mol. The van der Waals surface area contributed by atoms with E-state index in [4.69, 9.17) is 0 Å². The van der Waals surface area contributed by atoms with Crippen LogP contribution in [0.15, 0.2) is 115 Å². The fourth-order valence-corrected chi connectivity index (χ4v) is 4.28. The summed E-state index contributed by atoms with van der Waals surface area (Å²) in [7, 11) is 0. The molecule has 0 bridgehead atoms. The second-order valence-corrected chi connectivity index (χ2v) is 8.68. The van der Waals surface area contributed by atoms with E-state index >= 15 is 0 Å².